The maximum absolute atomic E-state index is 15.4. The molecule has 0 spiro atoms. The van der Waals surface area contributed by atoms with E-state index in [1.165, 1.54) is 16.7 Å². The van der Waals surface area contributed by atoms with Crippen LogP contribution in [0, 0.1) is 17.3 Å². The van der Waals surface area contributed by atoms with E-state index in [0.717, 1.165) is 16.7 Å². The van der Waals surface area contributed by atoms with Gasteiger partial charge in [-0.25, -0.2) is 4.39 Å². The van der Waals surface area contributed by atoms with Gasteiger partial charge in [-0.15, -0.1) is 0 Å². The van der Waals surface area contributed by atoms with Gasteiger partial charge < -0.3 is 0 Å². The summed E-state index contributed by atoms with van der Waals surface area (Å²) in [7, 11) is 0. The molecule has 0 fully saturated rings. The zero-order chi connectivity index (χ0) is 21.6. The summed E-state index contributed by atoms with van der Waals surface area (Å²) >= 11 is 0. The third-order valence-corrected chi connectivity index (χ3v) is 7.28. The SMILES string of the molecule is C=C1C2=C(C(F)=CCC2C(C)(C=CC)C(C)C)C(C)(C)c2cccc(/C=C\C)c21. The molecule has 0 radical (unpaired) electrons. The molecule has 0 aromatic heterocycles. The Labute approximate surface area is 176 Å². The van der Waals surface area contributed by atoms with Gasteiger partial charge in [-0.2, -0.15) is 0 Å². The summed E-state index contributed by atoms with van der Waals surface area (Å²) in [6, 6.07) is 6.36. The Kier molecular flexibility index (Phi) is 5.64. The molecule has 0 nitrogen and oxygen atoms in total. The van der Waals surface area contributed by atoms with Crippen molar-refractivity contribution in [1.29, 1.82) is 0 Å². The number of rotatable bonds is 4. The van der Waals surface area contributed by atoms with Crippen molar-refractivity contribution in [1.82, 2.24) is 0 Å². The van der Waals surface area contributed by atoms with E-state index in [1.54, 1.807) is 0 Å². The predicted molar refractivity (Wildman–Crippen MR) is 125 cm³/mol. The van der Waals surface area contributed by atoms with Crippen molar-refractivity contribution in [2.24, 2.45) is 17.3 Å². The smallest absolute Gasteiger partial charge is 0.123 e. The van der Waals surface area contributed by atoms with Gasteiger partial charge >= 0.3 is 0 Å². The summed E-state index contributed by atoms with van der Waals surface area (Å²) in [5.41, 5.74) is 5.98. The lowest BCUT2D eigenvalue weighted by Gasteiger charge is -2.48. The molecule has 2 unspecified atom stereocenters. The zero-order valence-corrected chi connectivity index (χ0v) is 19.1. The fourth-order valence-electron chi connectivity index (χ4n) is 5.39. The second kappa shape index (κ2) is 7.59. The summed E-state index contributed by atoms with van der Waals surface area (Å²) in [5.74, 6) is 0.554. The predicted octanol–water partition coefficient (Wildman–Crippen LogP) is 8.43. The van der Waals surface area contributed by atoms with E-state index in [-0.39, 0.29) is 17.2 Å². The molecule has 0 heterocycles. The molecule has 0 saturated carbocycles. The van der Waals surface area contributed by atoms with E-state index in [2.05, 4.69) is 90.6 Å². The molecule has 2 aliphatic carbocycles. The number of halogens is 1. The average molecular weight is 391 g/mol. The molecule has 2 aliphatic rings. The Morgan fingerprint density at radius 3 is 2.48 bits per heavy atom. The third kappa shape index (κ3) is 3.19. The van der Waals surface area contributed by atoms with Crippen molar-refractivity contribution in [3.63, 3.8) is 0 Å². The molecular formula is C28H35F. The van der Waals surface area contributed by atoms with Crippen LogP contribution in [0.3, 0.4) is 0 Å². The van der Waals surface area contributed by atoms with Crippen LogP contribution in [0.15, 0.2) is 66.1 Å². The van der Waals surface area contributed by atoms with E-state index in [1.807, 2.05) is 13.0 Å². The fraction of sp³-hybridized carbons (Fsp3) is 0.429. The molecule has 0 N–H and O–H groups in total. The summed E-state index contributed by atoms with van der Waals surface area (Å²) < 4.78 is 15.4. The standard InChI is InChI=1S/C28H35F/c1-9-12-20-13-11-14-21-24(20)19(5)25-22(28(8,17-10-2)18(3)4)15-16-23(29)26(25)27(21,6)7/h9-14,16-18,22H,5,15H2,1-4,6-8H3/b12-9-,17-10?. The Bertz CT molecular complexity index is 949. The lowest BCUT2D eigenvalue weighted by molar-refractivity contribution is 0.204. The number of hydrogen-bond acceptors (Lipinski definition) is 0. The first-order valence-corrected chi connectivity index (χ1v) is 10.8. The van der Waals surface area contributed by atoms with Crippen LogP contribution >= 0.6 is 0 Å². The quantitative estimate of drug-likeness (QED) is 0.452. The molecule has 1 aromatic carbocycles. The lowest BCUT2D eigenvalue weighted by atomic mass is 9.56. The molecule has 0 aliphatic heterocycles. The number of benzene rings is 1. The lowest BCUT2D eigenvalue weighted by Crippen LogP contribution is -2.39. The molecule has 1 aromatic rings. The minimum absolute atomic E-state index is 0.0708. The van der Waals surface area contributed by atoms with Gasteiger partial charge in [0.25, 0.3) is 0 Å². The second-order valence-electron chi connectivity index (χ2n) is 9.52. The highest BCUT2D eigenvalue weighted by molar-refractivity contribution is 5.90. The fourth-order valence-corrected chi connectivity index (χ4v) is 5.39. The topological polar surface area (TPSA) is 0 Å². The Morgan fingerprint density at radius 1 is 1.21 bits per heavy atom. The average Bonchev–Trinajstić information content (AvgIpc) is 2.66. The van der Waals surface area contributed by atoms with Gasteiger partial charge in [-0.05, 0) is 71.4 Å². The first kappa shape index (κ1) is 21.6. The van der Waals surface area contributed by atoms with Crippen molar-refractivity contribution < 1.29 is 4.39 Å². The van der Waals surface area contributed by atoms with Gasteiger partial charge in [0.05, 0.1) is 0 Å². The largest absolute Gasteiger partial charge is 0.207 e. The number of hydrogen-bond donors (Lipinski definition) is 0. The second-order valence-corrected chi connectivity index (χ2v) is 9.52. The first-order chi connectivity index (χ1) is 13.6. The monoisotopic (exact) mass is 390 g/mol. The van der Waals surface area contributed by atoms with Gasteiger partial charge in [0.2, 0.25) is 0 Å². The summed E-state index contributed by atoms with van der Waals surface area (Å²) in [4.78, 5) is 0. The summed E-state index contributed by atoms with van der Waals surface area (Å²) in [6.45, 7) is 19.8. The maximum Gasteiger partial charge on any atom is 0.123 e. The van der Waals surface area contributed by atoms with Crippen LogP contribution in [0.25, 0.3) is 11.6 Å². The normalized spacial score (nSPS) is 23.4. The van der Waals surface area contributed by atoms with E-state index >= 15 is 4.39 Å². The van der Waals surface area contributed by atoms with E-state index in [0.29, 0.717) is 12.3 Å². The van der Waals surface area contributed by atoms with E-state index in [9.17, 15) is 0 Å². The highest BCUT2D eigenvalue weighted by atomic mass is 19.1. The van der Waals surface area contributed by atoms with Crippen molar-refractivity contribution in [2.45, 2.75) is 60.3 Å². The van der Waals surface area contributed by atoms with E-state index in [4.69, 9.17) is 0 Å². The highest BCUT2D eigenvalue weighted by Gasteiger charge is 2.47. The molecule has 1 heteroatoms. The van der Waals surface area contributed by atoms with Gasteiger partial charge in [-0.3, -0.25) is 0 Å². The van der Waals surface area contributed by atoms with Gasteiger partial charge in [-0.1, -0.05) is 83.7 Å². The molecule has 29 heavy (non-hydrogen) atoms. The minimum atomic E-state index is -0.406. The van der Waals surface area contributed by atoms with Gasteiger partial charge in [0.1, 0.15) is 5.83 Å². The third-order valence-electron chi connectivity index (χ3n) is 7.28. The van der Waals surface area contributed by atoms with Crippen LogP contribution < -0.4 is 0 Å². The molecular weight excluding hydrogens is 355 g/mol. The van der Waals surface area contributed by atoms with Gasteiger partial charge in [0.15, 0.2) is 0 Å². The Hall–Kier alpha value is -2.15. The Morgan fingerprint density at radius 2 is 1.90 bits per heavy atom. The molecule has 0 bridgehead atoms. The van der Waals surface area contributed by atoms with Crippen LogP contribution in [-0.2, 0) is 5.41 Å². The summed E-state index contributed by atoms with van der Waals surface area (Å²) in [6.07, 6.45) is 11.2. The number of fused-ring (bicyclic) bond motifs is 1. The summed E-state index contributed by atoms with van der Waals surface area (Å²) in [5, 5.41) is 0. The van der Waals surface area contributed by atoms with Crippen molar-refractivity contribution in [2.75, 3.05) is 0 Å². The van der Waals surface area contributed by atoms with Crippen LogP contribution in [0.4, 0.5) is 4.39 Å². The van der Waals surface area contributed by atoms with Crippen molar-refractivity contribution in [3.8, 4) is 0 Å². The molecule has 2 atom stereocenters. The number of allylic oxidation sites excluding steroid dienone is 8. The minimum Gasteiger partial charge on any atom is -0.207 e. The van der Waals surface area contributed by atoms with Crippen LogP contribution in [0.2, 0.25) is 0 Å². The molecule has 0 amide bonds. The van der Waals surface area contributed by atoms with Crippen LogP contribution in [0.1, 0.15) is 71.6 Å². The van der Waals surface area contributed by atoms with Gasteiger partial charge in [0, 0.05) is 11.0 Å². The van der Waals surface area contributed by atoms with Crippen LogP contribution in [-0.4, -0.2) is 0 Å². The molecule has 0 saturated heterocycles. The van der Waals surface area contributed by atoms with Crippen LogP contribution in [0.5, 0.6) is 0 Å². The maximum atomic E-state index is 15.4. The Balaban J connectivity index is 2.35. The van der Waals surface area contributed by atoms with Crippen molar-refractivity contribution in [3.05, 3.63) is 82.7 Å². The zero-order valence-electron chi connectivity index (χ0n) is 19.1. The molecule has 154 valence electrons. The highest BCUT2D eigenvalue weighted by Crippen LogP contribution is 2.58. The van der Waals surface area contributed by atoms with E-state index < -0.39 is 5.41 Å². The molecule has 3 rings (SSSR count). The first-order valence-electron chi connectivity index (χ1n) is 10.8. The van der Waals surface area contributed by atoms with Crippen molar-refractivity contribution >= 4 is 11.6 Å².